The Balaban J connectivity index is 1.56. The zero-order valence-corrected chi connectivity index (χ0v) is 15.6. The third-order valence-corrected chi connectivity index (χ3v) is 5.40. The second kappa shape index (κ2) is 8.92. The van der Waals surface area contributed by atoms with Crippen molar-refractivity contribution in [2.45, 2.75) is 44.6 Å². The summed E-state index contributed by atoms with van der Waals surface area (Å²) in [6.07, 6.45) is 7.18. The van der Waals surface area contributed by atoms with Gasteiger partial charge in [-0.1, -0.05) is 37.8 Å². The van der Waals surface area contributed by atoms with Crippen LogP contribution in [0.1, 0.15) is 48.9 Å². The summed E-state index contributed by atoms with van der Waals surface area (Å²) in [7, 11) is 1.40. The molecule has 1 saturated heterocycles. The molecule has 6 heteroatoms. The predicted octanol–water partition coefficient (Wildman–Crippen LogP) is 3.03. The monoisotopic (exact) mass is 359 g/mol. The number of nitrogens with one attached hydrogen (secondary N) is 1. The fourth-order valence-electron chi connectivity index (χ4n) is 3.87. The van der Waals surface area contributed by atoms with E-state index in [0.29, 0.717) is 37.8 Å². The Morgan fingerprint density at radius 2 is 1.65 bits per heavy atom. The Hall–Kier alpha value is -2.24. The van der Waals surface area contributed by atoms with Gasteiger partial charge in [-0.05, 0) is 25.0 Å². The molecular formula is C20H29N3O3. The smallest absolute Gasteiger partial charge is 0.339 e. The SMILES string of the molecule is COC(=O)c1ccccc1N1CCN(C(=O)NC2CCCCCC2)CC1. The van der Waals surface area contributed by atoms with Crippen molar-refractivity contribution in [2.75, 3.05) is 38.2 Å². The maximum absolute atomic E-state index is 12.6. The molecule has 0 aromatic heterocycles. The summed E-state index contributed by atoms with van der Waals surface area (Å²) in [5.74, 6) is -0.325. The highest BCUT2D eigenvalue weighted by Gasteiger charge is 2.25. The van der Waals surface area contributed by atoms with Crippen molar-refractivity contribution in [1.82, 2.24) is 10.2 Å². The van der Waals surface area contributed by atoms with Crippen molar-refractivity contribution < 1.29 is 14.3 Å². The highest BCUT2D eigenvalue weighted by atomic mass is 16.5. The molecule has 2 fully saturated rings. The molecule has 1 aliphatic carbocycles. The third kappa shape index (κ3) is 4.48. The van der Waals surface area contributed by atoms with E-state index in [1.807, 2.05) is 23.1 Å². The lowest BCUT2D eigenvalue weighted by Gasteiger charge is -2.37. The predicted molar refractivity (Wildman–Crippen MR) is 102 cm³/mol. The number of hydrogen-bond donors (Lipinski definition) is 1. The van der Waals surface area contributed by atoms with E-state index in [9.17, 15) is 9.59 Å². The molecule has 0 spiro atoms. The van der Waals surface area contributed by atoms with Crippen LogP contribution < -0.4 is 10.2 Å². The minimum absolute atomic E-state index is 0.0535. The molecule has 1 aromatic rings. The van der Waals surface area contributed by atoms with Gasteiger partial charge in [0.05, 0.1) is 18.4 Å². The van der Waals surface area contributed by atoms with Gasteiger partial charge in [-0.25, -0.2) is 9.59 Å². The lowest BCUT2D eigenvalue weighted by atomic mass is 10.1. The number of esters is 1. The van der Waals surface area contributed by atoms with Gasteiger partial charge in [0.15, 0.2) is 0 Å². The zero-order chi connectivity index (χ0) is 18.4. The third-order valence-electron chi connectivity index (χ3n) is 5.40. The van der Waals surface area contributed by atoms with E-state index in [-0.39, 0.29) is 12.0 Å². The van der Waals surface area contributed by atoms with E-state index < -0.39 is 0 Å². The number of urea groups is 1. The number of para-hydroxylation sites is 1. The van der Waals surface area contributed by atoms with Gasteiger partial charge in [-0.3, -0.25) is 0 Å². The Bertz CT molecular complexity index is 618. The van der Waals surface area contributed by atoms with Gasteiger partial charge in [-0.2, -0.15) is 0 Å². The highest BCUT2D eigenvalue weighted by Crippen LogP contribution is 2.23. The van der Waals surface area contributed by atoms with E-state index >= 15 is 0 Å². The van der Waals surface area contributed by atoms with Crippen molar-refractivity contribution in [3.63, 3.8) is 0 Å². The summed E-state index contributed by atoms with van der Waals surface area (Å²) < 4.78 is 4.88. The summed E-state index contributed by atoms with van der Waals surface area (Å²) in [6.45, 7) is 2.75. The number of nitrogens with zero attached hydrogens (tertiary/aromatic N) is 2. The van der Waals surface area contributed by atoms with Crippen LogP contribution in [0.2, 0.25) is 0 Å². The van der Waals surface area contributed by atoms with E-state index in [2.05, 4.69) is 10.2 Å². The molecular weight excluding hydrogens is 330 g/mol. The molecule has 1 saturated carbocycles. The first kappa shape index (κ1) is 18.5. The molecule has 142 valence electrons. The minimum atomic E-state index is -0.325. The molecule has 0 bridgehead atoms. The number of amides is 2. The van der Waals surface area contributed by atoms with Crippen LogP contribution in [0.4, 0.5) is 10.5 Å². The van der Waals surface area contributed by atoms with Crippen LogP contribution in [-0.4, -0.2) is 56.2 Å². The molecule has 3 rings (SSSR count). The van der Waals surface area contributed by atoms with Gasteiger partial charge in [-0.15, -0.1) is 0 Å². The minimum Gasteiger partial charge on any atom is -0.465 e. The van der Waals surface area contributed by atoms with Crippen LogP contribution in [0, 0.1) is 0 Å². The second-order valence-corrected chi connectivity index (χ2v) is 7.12. The van der Waals surface area contributed by atoms with Gasteiger partial charge in [0.1, 0.15) is 0 Å². The average Bonchev–Trinajstić information content (AvgIpc) is 2.96. The number of anilines is 1. The van der Waals surface area contributed by atoms with Gasteiger partial charge in [0.2, 0.25) is 0 Å². The molecule has 6 nitrogen and oxygen atoms in total. The molecule has 1 N–H and O–H groups in total. The first-order valence-electron chi connectivity index (χ1n) is 9.67. The Kier molecular flexibility index (Phi) is 6.36. The van der Waals surface area contributed by atoms with Crippen molar-refractivity contribution >= 4 is 17.7 Å². The van der Waals surface area contributed by atoms with Crippen molar-refractivity contribution in [1.29, 1.82) is 0 Å². The van der Waals surface area contributed by atoms with Gasteiger partial charge >= 0.3 is 12.0 Å². The topological polar surface area (TPSA) is 61.9 Å². The molecule has 2 amide bonds. The molecule has 2 aliphatic rings. The zero-order valence-electron chi connectivity index (χ0n) is 15.6. The van der Waals surface area contributed by atoms with Gasteiger partial charge < -0.3 is 19.9 Å². The normalized spacial score (nSPS) is 19.0. The number of carbonyl (C=O) groups excluding carboxylic acids is 2. The number of methoxy groups -OCH3 is 1. The van der Waals surface area contributed by atoms with Crippen molar-refractivity contribution in [3.05, 3.63) is 29.8 Å². The molecule has 0 unspecified atom stereocenters. The van der Waals surface area contributed by atoms with Gasteiger partial charge in [0, 0.05) is 32.2 Å². The highest BCUT2D eigenvalue weighted by molar-refractivity contribution is 5.95. The lowest BCUT2D eigenvalue weighted by Crippen LogP contribution is -2.53. The first-order valence-corrected chi connectivity index (χ1v) is 9.67. The molecule has 26 heavy (non-hydrogen) atoms. The van der Waals surface area contributed by atoms with E-state index in [1.165, 1.54) is 32.8 Å². The number of piperazine rings is 1. The fraction of sp³-hybridized carbons (Fsp3) is 0.600. The maximum atomic E-state index is 12.6. The fourth-order valence-corrected chi connectivity index (χ4v) is 3.87. The molecule has 1 aromatic carbocycles. The number of hydrogen-bond acceptors (Lipinski definition) is 4. The lowest BCUT2D eigenvalue weighted by molar-refractivity contribution is 0.0601. The standard InChI is InChI=1S/C20H29N3O3/c1-26-19(24)17-10-6-7-11-18(17)22-12-14-23(15-13-22)20(25)21-16-8-4-2-3-5-9-16/h6-7,10-11,16H,2-5,8-9,12-15H2,1H3,(H,21,25). The van der Waals surface area contributed by atoms with Crippen molar-refractivity contribution in [2.24, 2.45) is 0 Å². The van der Waals surface area contributed by atoms with E-state index in [4.69, 9.17) is 4.74 Å². The molecule has 1 heterocycles. The number of benzene rings is 1. The molecule has 0 atom stereocenters. The summed E-state index contributed by atoms with van der Waals surface area (Å²) in [6, 6.07) is 7.86. The van der Waals surface area contributed by atoms with Crippen LogP contribution >= 0.6 is 0 Å². The van der Waals surface area contributed by atoms with E-state index in [1.54, 1.807) is 6.07 Å². The molecule has 0 radical (unpaired) electrons. The largest absolute Gasteiger partial charge is 0.465 e. The summed E-state index contributed by atoms with van der Waals surface area (Å²) in [5, 5.41) is 3.22. The van der Waals surface area contributed by atoms with Crippen LogP contribution in [0.5, 0.6) is 0 Å². The van der Waals surface area contributed by atoms with Crippen LogP contribution in [0.3, 0.4) is 0 Å². The quantitative estimate of drug-likeness (QED) is 0.666. The second-order valence-electron chi connectivity index (χ2n) is 7.12. The summed E-state index contributed by atoms with van der Waals surface area (Å²) >= 11 is 0. The molecule has 1 aliphatic heterocycles. The van der Waals surface area contributed by atoms with Gasteiger partial charge in [0.25, 0.3) is 0 Å². The average molecular weight is 359 g/mol. The maximum Gasteiger partial charge on any atom is 0.339 e. The first-order chi connectivity index (χ1) is 12.7. The van der Waals surface area contributed by atoms with Crippen LogP contribution in [-0.2, 0) is 4.74 Å². The van der Waals surface area contributed by atoms with Crippen LogP contribution in [0.15, 0.2) is 24.3 Å². The number of carbonyl (C=O) groups is 2. The summed E-state index contributed by atoms with van der Waals surface area (Å²) in [4.78, 5) is 28.6. The summed E-state index contributed by atoms with van der Waals surface area (Å²) in [5.41, 5.74) is 1.45. The van der Waals surface area contributed by atoms with Crippen LogP contribution in [0.25, 0.3) is 0 Å². The Morgan fingerprint density at radius 3 is 2.31 bits per heavy atom. The van der Waals surface area contributed by atoms with E-state index in [0.717, 1.165) is 18.5 Å². The Labute approximate surface area is 155 Å². The number of rotatable bonds is 3. The number of ether oxygens (including phenoxy) is 1. The van der Waals surface area contributed by atoms with Crippen molar-refractivity contribution in [3.8, 4) is 0 Å². The Morgan fingerprint density at radius 1 is 1.00 bits per heavy atom.